The molecular weight excluding hydrogens is 208 g/mol. The van der Waals surface area contributed by atoms with Crippen molar-refractivity contribution < 1.29 is 0 Å². The van der Waals surface area contributed by atoms with Crippen LogP contribution in [0.1, 0.15) is 22.4 Å². The Labute approximate surface area is 103 Å². The molecule has 2 aromatic rings. The van der Waals surface area contributed by atoms with Gasteiger partial charge in [0.2, 0.25) is 0 Å². The molecule has 17 heavy (non-hydrogen) atoms. The highest BCUT2D eigenvalue weighted by Gasteiger charge is 2.02. The molecule has 0 radical (unpaired) electrons. The van der Waals surface area contributed by atoms with E-state index in [4.69, 9.17) is 5.73 Å². The fourth-order valence-corrected chi connectivity index (χ4v) is 2.01. The maximum absolute atomic E-state index is 5.90. The molecule has 0 aliphatic rings. The SMILES string of the molecule is Cc1cc(CCc2cccc(N)c2C)ccn1. The minimum atomic E-state index is 0.883. The van der Waals surface area contributed by atoms with Crippen LogP contribution in [-0.4, -0.2) is 4.98 Å². The van der Waals surface area contributed by atoms with Crippen LogP contribution < -0.4 is 5.73 Å². The van der Waals surface area contributed by atoms with Crippen molar-refractivity contribution in [3.05, 3.63) is 58.9 Å². The largest absolute Gasteiger partial charge is 0.399 e. The van der Waals surface area contributed by atoms with Crippen LogP contribution in [0.5, 0.6) is 0 Å². The van der Waals surface area contributed by atoms with E-state index in [1.54, 1.807) is 0 Å². The average molecular weight is 226 g/mol. The second-order valence-corrected chi connectivity index (χ2v) is 4.44. The van der Waals surface area contributed by atoms with Gasteiger partial charge >= 0.3 is 0 Å². The van der Waals surface area contributed by atoms with Gasteiger partial charge in [-0.25, -0.2) is 0 Å². The van der Waals surface area contributed by atoms with E-state index in [-0.39, 0.29) is 0 Å². The van der Waals surface area contributed by atoms with Crippen molar-refractivity contribution >= 4 is 5.69 Å². The van der Waals surface area contributed by atoms with Gasteiger partial charge in [-0.2, -0.15) is 0 Å². The summed E-state index contributed by atoms with van der Waals surface area (Å²) in [5.41, 5.74) is 11.7. The number of nitrogens with two attached hydrogens (primary N) is 1. The summed E-state index contributed by atoms with van der Waals surface area (Å²) in [5.74, 6) is 0. The van der Waals surface area contributed by atoms with E-state index in [1.807, 2.05) is 25.3 Å². The fourth-order valence-electron chi connectivity index (χ4n) is 2.01. The highest BCUT2D eigenvalue weighted by atomic mass is 14.6. The van der Waals surface area contributed by atoms with Gasteiger partial charge in [0.15, 0.2) is 0 Å². The van der Waals surface area contributed by atoms with Crippen LogP contribution in [0.25, 0.3) is 0 Å². The van der Waals surface area contributed by atoms with E-state index in [2.05, 4.69) is 30.1 Å². The van der Waals surface area contributed by atoms with Crippen molar-refractivity contribution in [1.82, 2.24) is 4.98 Å². The number of anilines is 1. The number of nitrogens with zero attached hydrogens (tertiary/aromatic N) is 1. The number of hydrogen-bond donors (Lipinski definition) is 1. The predicted octanol–water partition coefficient (Wildman–Crippen LogP) is 3.07. The molecule has 2 rings (SSSR count). The number of pyridine rings is 1. The summed E-state index contributed by atoms with van der Waals surface area (Å²) in [6.45, 7) is 4.11. The van der Waals surface area contributed by atoms with Crippen LogP contribution in [-0.2, 0) is 12.8 Å². The fraction of sp³-hybridized carbons (Fsp3) is 0.267. The third-order valence-corrected chi connectivity index (χ3v) is 3.13. The molecule has 0 atom stereocenters. The average Bonchev–Trinajstić information content (AvgIpc) is 2.31. The Bertz CT molecular complexity index is 518. The second-order valence-electron chi connectivity index (χ2n) is 4.44. The normalized spacial score (nSPS) is 10.5. The van der Waals surface area contributed by atoms with E-state index < -0.39 is 0 Å². The van der Waals surface area contributed by atoms with Crippen molar-refractivity contribution in [1.29, 1.82) is 0 Å². The monoisotopic (exact) mass is 226 g/mol. The van der Waals surface area contributed by atoms with Gasteiger partial charge in [-0.1, -0.05) is 12.1 Å². The minimum absolute atomic E-state index is 0.883. The highest BCUT2D eigenvalue weighted by Crippen LogP contribution is 2.17. The molecule has 1 aromatic carbocycles. The van der Waals surface area contributed by atoms with Crippen molar-refractivity contribution in [2.24, 2.45) is 0 Å². The number of hydrogen-bond acceptors (Lipinski definition) is 2. The van der Waals surface area contributed by atoms with Gasteiger partial charge in [0.05, 0.1) is 0 Å². The van der Waals surface area contributed by atoms with Gasteiger partial charge in [0.1, 0.15) is 0 Å². The lowest BCUT2D eigenvalue weighted by Crippen LogP contribution is -1.98. The Hall–Kier alpha value is -1.83. The summed E-state index contributed by atoms with van der Waals surface area (Å²) in [6.07, 6.45) is 3.94. The van der Waals surface area contributed by atoms with Crippen LogP contribution in [0.4, 0.5) is 5.69 Å². The molecule has 0 saturated carbocycles. The van der Waals surface area contributed by atoms with E-state index >= 15 is 0 Å². The van der Waals surface area contributed by atoms with Gasteiger partial charge in [-0.15, -0.1) is 0 Å². The first-order valence-electron chi connectivity index (χ1n) is 5.92. The molecule has 2 heteroatoms. The lowest BCUT2D eigenvalue weighted by atomic mass is 10.00. The van der Waals surface area contributed by atoms with E-state index in [0.29, 0.717) is 0 Å². The van der Waals surface area contributed by atoms with E-state index in [9.17, 15) is 0 Å². The molecule has 1 aromatic heterocycles. The van der Waals surface area contributed by atoms with Crippen LogP contribution in [0, 0.1) is 13.8 Å². The first kappa shape index (κ1) is 11.6. The van der Waals surface area contributed by atoms with E-state index in [0.717, 1.165) is 24.2 Å². The molecule has 0 unspecified atom stereocenters. The van der Waals surface area contributed by atoms with Gasteiger partial charge < -0.3 is 5.73 Å². The first-order valence-corrected chi connectivity index (χ1v) is 5.92. The zero-order valence-corrected chi connectivity index (χ0v) is 10.4. The van der Waals surface area contributed by atoms with Crippen molar-refractivity contribution in [2.45, 2.75) is 26.7 Å². The smallest absolute Gasteiger partial charge is 0.0375 e. The summed E-state index contributed by atoms with van der Waals surface area (Å²) in [5, 5.41) is 0. The number of nitrogen functional groups attached to an aromatic ring is 1. The maximum atomic E-state index is 5.90. The summed E-state index contributed by atoms with van der Waals surface area (Å²) in [7, 11) is 0. The topological polar surface area (TPSA) is 38.9 Å². The summed E-state index contributed by atoms with van der Waals surface area (Å²) in [4.78, 5) is 4.21. The highest BCUT2D eigenvalue weighted by molar-refractivity contribution is 5.50. The number of benzene rings is 1. The molecule has 88 valence electrons. The zero-order valence-electron chi connectivity index (χ0n) is 10.4. The second kappa shape index (κ2) is 5.00. The molecule has 0 saturated heterocycles. The quantitative estimate of drug-likeness (QED) is 0.817. The van der Waals surface area contributed by atoms with Gasteiger partial charge in [0, 0.05) is 17.6 Å². The van der Waals surface area contributed by atoms with E-state index in [1.165, 1.54) is 16.7 Å². The number of rotatable bonds is 3. The molecule has 0 fully saturated rings. The van der Waals surface area contributed by atoms with Crippen LogP contribution in [0.15, 0.2) is 36.5 Å². The first-order chi connectivity index (χ1) is 8.16. The van der Waals surface area contributed by atoms with Crippen LogP contribution >= 0.6 is 0 Å². The standard InChI is InChI=1S/C15H18N2/c1-11-10-13(8-9-17-11)6-7-14-4-3-5-15(16)12(14)2/h3-5,8-10H,6-7,16H2,1-2H3. The third-order valence-electron chi connectivity index (χ3n) is 3.13. The molecule has 0 spiro atoms. The molecule has 0 amide bonds. The van der Waals surface area contributed by atoms with Crippen molar-refractivity contribution in [3.63, 3.8) is 0 Å². The molecule has 2 nitrogen and oxygen atoms in total. The van der Waals surface area contributed by atoms with Crippen LogP contribution in [0.2, 0.25) is 0 Å². The maximum Gasteiger partial charge on any atom is 0.0375 e. The Morgan fingerprint density at radius 1 is 1.12 bits per heavy atom. The molecule has 0 aliphatic heterocycles. The summed E-state index contributed by atoms with van der Waals surface area (Å²) < 4.78 is 0. The number of aromatic nitrogens is 1. The van der Waals surface area contributed by atoms with Crippen molar-refractivity contribution in [3.8, 4) is 0 Å². The molecule has 1 heterocycles. The van der Waals surface area contributed by atoms with Crippen LogP contribution in [0.3, 0.4) is 0 Å². The predicted molar refractivity (Wildman–Crippen MR) is 72.0 cm³/mol. The Kier molecular flexibility index (Phi) is 3.43. The Morgan fingerprint density at radius 3 is 2.71 bits per heavy atom. The zero-order chi connectivity index (χ0) is 12.3. The summed E-state index contributed by atoms with van der Waals surface area (Å²) in [6, 6.07) is 10.3. The Balaban J connectivity index is 2.10. The lowest BCUT2D eigenvalue weighted by Gasteiger charge is -2.08. The molecule has 2 N–H and O–H groups in total. The third kappa shape index (κ3) is 2.84. The van der Waals surface area contributed by atoms with Gasteiger partial charge in [-0.05, 0) is 61.6 Å². The molecule has 0 bridgehead atoms. The minimum Gasteiger partial charge on any atom is -0.399 e. The van der Waals surface area contributed by atoms with Crippen molar-refractivity contribution in [2.75, 3.05) is 5.73 Å². The van der Waals surface area contributed by atoms with Gasteiger partial charge in [-0.3, -0.25) is 4.98 Å². The molecular formula is C15H18N2. The molecule has 0 aliphatic carbocycles. The summed E-state index contributed by atoms with van der Waals surface area (Å²) >= 11 is 0. The Morgan fingerprint density at radius 2 is 1.94 bits per heavy atom. The van der Waals surface area contributed by atoms with Gasteiger partial charge in [0.25, 0.3) is 0 Å². The lowest BCUT2D eigenvalue weighted by molar-refractivity contribution is 0.941. The number of aryl methyl sites for hydroxylation is 3.